The molecule has 0 bridgehead atoms. The number of para-hydroxylation sites is 2. The van der Waals surface area contributed by atoms with E-state index >= 15 is 0 Å². The largest absolute Gasteiger partial charge is 0.323 e. The summed E-state index contributed by atoms with van der Waals surface area (Å²) in [7, 11) is 0. The molecule has 10 nitrogen and oxygen atoms in total. The quantitative estimate of drug-likeness (QED) is 0.0932. The van der Waals surface area contributed by atoms with Crippen molar-refractivity contribution in [1.29, 1.82) is 10.8 Å². The lowest BCUT2D eigenvalue weighted by atomic mass is 9.82. The maximum atomic E-state index is 9.97. The Morgan fingerprint density at radius 2 is 0.737 bits per heavy atom. The molecule has 4 aromatic heterocycles. The summed E-state index contributed by atoms with van der Waals surface area (Å²) in [4.78, 5) is 27.7. The highest BCUT2D eigenvalue weighted by Gasteiger charge is 2.39. The van der Waals surface area contributed by atoms with Crippen molar-refractivity contribution < 1.29 is 0 Å². The second kappa shape index (κ2) is 23.4. The standard InChI is InChI=1S/C104H68N10/c1-103(2)80-38-13-9-31-70(80)77-53-59(44-47-82(77)103)97-74-33-11-15-41-84(74)107-101(109-97)111-99(105)60-23-17-25-64(51-60)113-86-43-21-36-72-67-28-6-7-29-68(67)78-54-62(50-58-46-49-87(113)96(91(58)78)93(72)86)63-55-79-69-30-8-5-27-66(69)71-35-19-22-57-45-48-88-95(90(57)71)94(79)89(56-63)114(88)65-26-18-24-61(52-65)100(106)112-102-108-85-42-16-12-34-75(85)98(110-102)76-37-20-40-83-92(76)73-32-10-14-39-81(73)104(83,3)4/h5-56H,1-4H3,(H2,105,107,109,111)(H2,106,108,110,112). The average Bonchev–Trinajstić information content (AvgIpc) is 1.54. The third kappa shape index (κ3) is 9.01. The molecule has 24 rings (SSSR count). The minimum Gasteiger partial charge on any atom is -0.323 e. The zero-order valence-electron chi connectivity index (χ0n) is 62.7. The van der Waals surface area contributed by atoms with Gasteiger partial charge in [0.25, 0.3) is 0 Å². The van der Waals surface area contributed by atoms with Crippen molar-refractivity contribution in [2.45, 2.75) is 38.5 Å². The van der Waals surface area contributed by atoms with Crippen LogP contribution in [-0.2, 0) is 10.8 Å². The van der Waals surface area contributed by atoms with E-state index in [2.05, 4.69) is 326 Å². The first-order valence-corrected chi connectivity index (χ1v) is 39.1. The predicted octanol–water partition coefficient (Wildman–Crippen LogP) is 24.7. The second-order valence-electron chi connectivity index (χ2n) is 32.1. The van der Waals surface area contributed by atoms with Gasteiger partial charge in [-0.3, -0.25) is 10.8 Å². The SMILES string of the molecule is CC1(C)c2ccccc2-c2cc(-c3n/c(=N/C(=N)c4cccc(-n5c6cccc7c6c6c8c(cc(-c9cc%10c%11c%12c%13c(cccc%13ccc%12n(-c%12cccc(C(=N)/N=c%13/nc(-c%14cccc%15c%14-c%14ccccc%14C%15(C)C)c%14ccccc%14[nH]%13)c%12)c%11c9)-c9ccccc9-%10)cc8ccc65)-c5ccccc5-7)c4)[nH]c4ccccc34)ccc21. The molecule has 0 aliphatic heterocycles. The Morgan fingerprint density at radius 3 is 1.40 bits per heavy atom. The monoisotopic (exact) mass is 1460 g/mol. The Hall–Kier alpha value is -14.7. The van der Waals surface area contributed by atoms with Gasteiger partial charge in [0.2, 0.25) is 11.2 Å². The fraction of sp³-hybridized carbons (Fsp3) is 0.0577. The number of nitrogens with one attached hydrogen (secondary N) is 4. The number of benzene rings is 16. The van der Waals surface area contributed by atoms with E-state index in [1.54, 1.807) is 0 Å². The van der Waals surface area contributed by atoms with Gasteiger partial charge in [0.05, 0.1) is 44.5 Å². The van der Waals surface area contributed by atoms with Gasteiger partial charge >= 0.3 is 0 Å². The smallest absolute Gasteiger partial charge is 0.229 e. The van der Waals surface area contributed by atoms with Crippen LogP contribution in [0.3, 0.4) is 0 Å². The number of rotatable bonds is 7. The van der Waals surface area contributed by atoms with Crippen LogP contribution in [-0.4, -0.2) is 40.7 Å². The van der Waals surface area contributed by atoms with Gasteiger partial charge in [-0.15, -0.1) is 0 Å². The number of amidine groups is 2. The van der Waals surface area contributed by atoms with Gasteiger partial charge in [-0.25, -0.2) is 9.97 Å². The molecular formula is C104H68N10. The van der Waals surface area contributed by atoms with Crippen LogP contribution < -0.4 is 11.2 Å². The van der Waals surface area contributed by atoms with E-state index < -0.39 is 0 Å². The number of H-pyrrole nitrogens is 2. The summed E-state index contributed by atoms with van der Waals surface area (Å²) in [5.41, 5.74) is 34.9. The summed E-state index contributed by atoms with van der Waals surface area (Å²) in [5, 5.41) is 31.2. The number of aromatic amines is 2. The predicted molar refractivity (Wildman–Crippen MR) is 467 cm³/mol. The normalized spacial score (nSPS) is 13.9. The van der Waals surface area contributed by atoms with E-state index in [-0.39, 0.29) is 22.5 Å². The molecule has 534 valence electrons. The number of hydrogen-bond donors (Lipinski definition) is 4. The van der Waals surface area contributed by atoms with Gasteiger partial charge < -0.3 is 19.1 Å². The maximum absolute atomic E-state index is 9.97. The van der Waals surface area contributed by atoms with Crippen LogP contribution in [0.5, 0.6) is 0 Å². The van der Waals surface area contributed by atoms with Gasteiger partial charge in [-0.05, 0) is 207 Å². The van der Waals surface area contributed by atoms with E-state index in [1.165, 1.54) is 110 Å². The van der Waals surface area contributed by atoms with Crippen LogP contribution >= 0.6 is 0 Å². The van der Waals surface area contributed by atoms with Gasteiger partial charge in [0, 0.05) is 76.8 Å². The summed E-state index contributed by atoms with van der Waals surface area (Å²) < 4.78 is 4.80. The molecule has 0 saturated heterocycles. The van der Waals surface area contributed by atoms with E-state index in [1.807, 2.05) is 36.4 Å². The van der Waals surface area contributed by atoms with Crippen LogP contribution in [0.2, 0.25) is 0 Å². The number of nitrogens with zero attached hydrogens (tertiary/aromatic N) is 6. The van der Waals surface area contributed by atoms with Crippen LogP contribution in [0.4, 0.5) is 0 Å². The topological polar surface area (TPSA) is 140 Å². The molecule has 16 aromatic carbocycles. The highest BCUT2D eigenvalue weighted by molar-refractivity contribution is 6.33. The molecular weight excluding hydrogens is 1390 g/mol. The molecule has 0 saturated carbocycles. The first-order valence-electron chi connectivity index (χ1n) is 39.1. The van der Waals surface area contributed by atoms with Crippen molar-refractivity contribution in [3.05, 3.63) is 360 Å². The van der Waals surface area contributed by atoms with Crippen LogP contribution in [0, 0.1) is 10.8 Å². The molecule has 0 fully saturated rings. The third-order valence-corrected chi connectivity index (χ3v) is 25.3. The van der Waals surface area contributed by atoms with Gasteiger partial charge in [0.1, 0.15) is 0 Å². The first kappa shape index (κ1) is 64.1. The fourth-order valence-corrected chi connectivity index (χ4v) is 20.2. The Bertz CT molecular complexity index is 7980. The average molecular weight is 1460 g/mol. The summed E-state index contributed by atoms with van der Waals surface area (Å²) >= 11 is 0. The summed E-state index contributed by atoms with van der Waals surface area (Å²) in [6.07, 6.45) is 0. The molecule has 20 aromatic rings. The van der Waals surface area contributed by atoms with E-state index in [0.29, 0.717) is 22.4 Å². The van der Waals surface area contributed by atoms with Crippen molar-refractivity contribution >= 4 is 98.6 Å². The highest BCUT2D eigenvalue weighted by Crippen LogP contribution is 2.57. The Labute approximate surface area is 654 Å². The van der Waals surface area contributed by atoms with Gasteiger partial charge in [-0.1, -0.05) is 258 Å². The minimum absolute atomic E-state index is 0.0909. The summed E-state index contributed by atoms with van der Waals surface area (Å²) in [6, 6.07) is 114. The fourth-order valence-electron chi connectivity index (χ4n) is 20.2. The van der Waals surface area contributed by atoms with Gasteiger partial charge in [0.15, 0.2) is 11.7 Å². The van der Waals surface area contributed by atoms with Crippen molar-refractivity contribution in [1.82, 2.24) is 29.1 Å². The molecule has 0 amide bonds. The lowest BCUT2D eigenvalue weighted by molar-refractivity contribution is 0.660. The second-order valence-corrected chi connectivity index (χ2v) is 32.1. The summed E-state index contributed by atoms with van der Waals surface area (Å²) in [6.45, 7) is 9.22. The van der Waals surface area contributed by atoms with E-state index in [0.717, 1.165) is 111 Å². The third-order valence-electron chi connectivity index (χ3n) is 25.3. The maximum Gasteiger partial charge on any atom is 0.229 e. The van der Waals surface area contributed by atoms with Crippen LogP contribution in [0.25, 0.3) is 199 Å². The highest BCUT2D eigenvalue weighted by atomic mass is 15.0. The number of hydrogen-bond acceptors (Lipinski definition) is 4. The van der Waals surface area contributed by atoms with Crippen molar-refractivity contribution in [3.8, 4) is 112 Å². The number of aromatic nitrogens is 6. The zero-order valence-corrected chi connectivity index (χ0v) is 62.7. The van der Waals surface area contributed by atoms with Crippen molar-refractivity contribution in [3.63, 3.8) is 0 Å². The Balaban J connectivity index is 0.655. The molecule has 0 spiro atoms. The Morgan fingerprint density at radius 1 is 0.298 bits per heavy atom. The summed E-state index contributed by atoms with van der Waals surface area (Å²) in [5.74, 6) is 0.187. The number of fused-ring (bicyclic) bond motifs is 14. The molecule has 4 heterocycles. The van der Waals surface area contributed by atoms with Gasteiger partial charge in [-0.2, -0.15) is 9.98 Å². The van der Waals surface area contributed by atoms with E-state index in [9.17, 15) is 10.8 Å². The lowest BCUT2D eigenvalue weighted by Gasteiger charge is -2.21. The van der Waals surface area contributed by atoms with Crippen LogP contribution in [0.1, 0.15) is 61.1 Å². The molecule has 0 atom stereocenters. The molecule has 4 aliphatic rings. The van der Waals surface area contributed by atoms with Crippen molar-refractivity contribution in [2.75, 3.05) is 0 Å². The molecule has 10 heteroatoms. The van der Waals surface area contributed by atoms with E-state index in [4.69, 9.17) is 20.0 Å². The lowest BCUT2D eigenvalue weighted by Crippen LogP contribution is -2.17. The Kier molecular flexibility index (Phi) is 13.2. The molecule has 0 unspecified atom stereocenters. The van der Waals surface area contributed by atoms with Crippen molar-refractivity contribution in [2.24, 2.45) is 9.98 Å². The minimum atomic E-state index is -0.189. The molecule has 114 heavy (non-hydrogen) atoms. The van der Waals surface area contributed by atoms with Crippen LogP contribution in [0.15, 0.2) is 325 Å². The zero-order chi connectivity index (χ0) is 75.7. The molecule has 4 aliphatic carbocycles. The molecule has 4 N–H and O–H groups in total. The first-order chi connectivity index (χ1) is 55.9. The molecule has 0 radical (unpaired) electrons.